The lowest BCUT2D eigenvalue weighted by Gasteiger charge is -2.44. The minimum absolute atomic E-state index is 0.0572. The van der Waals surface area contributed by atoms with Crippen molar-refractivity contribution in [3.63, 3.8) is 0 Å². The van der Waals surface area contributed by atoms with Crippen LogP contribution < -0.4 is 0 Å². The van der Waals surface area contributed by atoms with Gasteiger partial charge in [0.25, 0.3) is 0 Å². The van der Waals surface area contributed by atoms with E-state index in [1.165, 1.54) is 12.8 Å². The van der Waals surface area contributed by atoms with Crippen LogP contribution in [0.3, 0.4) is 0 Å². The first-order valence-corrected chi connectivity index (χ1v) is 7.39. The fraction of sp³-hybridized carbons (Fsp3) is 0.875. The lowest BCUT2D eigenvalue weighted by Crippen LogP contribution is -2.49. The molecule has 1 rings (SSSR count). The molecule has 2 heteroatoms. The zero-order chi connectivity index (χ0) is 13.6. The van der Waals surface area contributed by atoms with Gasteiger partial charge in [0.05, 0.1) is 0 Å². The summed E-state index contributed by atoms with van der Waals surface area (Å²) in [7, 11) is 0. The molecule has 0 aromatic rings. The number of rotatable bonds is 8. The summed E-state index contributed by atoms with van der Waals surface area (Å²) in [6.45, 7) is 11.3. The monoisotopic (exact) mass is 252 g/mol. The van der Waals surface area contributed by atoms with Gasteiger partial charge < -0.3 is 0 Å². The topological polar surface area (TPSA) is 18.5 Å². The van der Waals surface area contributed by atoms with Gasteiger partial charge in [0.15, 0.2) is 11.7 Å². The third kappa shape index (κ3) is 2.83. The smallest absolute Gasteiger partial charge is 0.185 e. The van der Waals surface area contributed by atoms with Crippen LogP contribution in [0.15, 0.2) is 0 Å². The maximum atomic E-state index is 5.64. The average molecular weight is 252 g/mol. The van der Waals surface area contributed by atoms with Crippen molar-refractivity contribution >= 4 is 0 Å². The summed E-state index contributed by atoms with van der Waals surface area (Å²) in [5.41, 5.74) is -0.353. The molecule has 0 aromatic carbocycles. The predicted octanol–water partition coefficient (Wildman–Crippen LogP) is 4.69. The molecule has 1 aliphatic heterocycles. The van der Waals surface area contributed by atoms with Gasteiger partial charge in [-0.05, 0) is 31.1 Å². The number of hydrogen-bond donors (Lipinski definition) is 0. The summed E-state index contributed by atoms with van der Waals surface area (Å²) in [4.78, 5) is 10.6. The van der Waals surface area contributed by atoms with Crippen LogP contribution >= 0.6 is 0 Å². The zero-order valence-electron chi connectivity index (χ0n) is 12.6. The Kier molecular flexibility index (Phi) is 5.53. The van der Waals surface area contributed by atoms with E-state index in [4.69, 9.17) is 9.78 Å². The summed E-state index contributed by atoms with van der Waals surface area (Å²) in [5, 5.41) is 0. The molecule has 18 heavy (non-hydrogen) atoms. The summed E-state index contributed by atoms with van der Waals surface area (Å²) in [6.07, 6.45) is 9.51. The van der Waals surface area contributed by atoms with E-state index in [-0.39, 0.29) is 5.41 Å². The van der Waals surface area contributed by atoms with E-state index in [9.17, 15) is 0 Å². The SMILES string of the molecule is CCCCC1(C(C)(CCCC)C(C)C)C#COO1. The van der Waals surface area contributed by atoms with Crippen molar-refractivity contribution < 1.29 is 9.78 Å². The molecular formula is C16H28O2. The van der Waals surface area contributed by atoms with Crippen molar-refractivity contribution in [2.45, 2.75) is 78.7 Å². The van der Waals surface area contributed by atoms with Crippen LogP contribution in [0.25, 0.3) is 0 Å². The summed E-state index contributed by atoms with van der Waals surface area (Å²) >= 11 is 0. The molecule has 0 aromatic heterocycles. The van der Waals surface area contributed by atoms with Gasteiger partial charge in [0.1, 0.15) is 0 Å². The standard InChI is InChI=1S/C16H28O2/c1-6-8-10-15(5,14(3)4)16(11-9-7-2)12-13-17-18-16/h14H,6-11H2,1-5H3. The molecule has 0 amide bonds. The summed E-state index contributed by atoms with van der Waals surface area (Å²) in [6, 6.07) is 0. The van der Waals surface area contributed by atoms with Crippen molar-refractivity contribution in [2.24, 2.45) is 11.3 Å². The van der Waals surface area contributed by atoms with Crippen LogP contribution in [0.1, 0.15) is 73.1 Å². The molecule has 0 spiro atoms. The molecule has 0 radical (unpaired) electrons. The second kappa shape index (κ2) is 6.48. The molecule has 2 nitrogen and oxygen atoms in total. The van der Waals surface area contributed by atoms with E-state index in [0.717, 1.165) is 25.7 Å². The minimum atomic E-state index is -0.410. The van der Waals surface area contributed by atoms with Gasteiger partial charge in [-0.2, -0.15) is 4.89 Å². The Bertz CT molecular complexity index is 313. The first-order valence-electron chi connectivity index (χ1n) is 7.39. The molecular weight excluding hydrogens is 224 g/mol. The fourth-order valence-corrected chi connectivity index (χ4v) is 2.77. The summed E-state index contributed by atoms with van der Waals surface area (Å²) < 4.78 is 0. The fourth-order valence-electron chi connectivity index (χ4n) is 2.77. The Labute approximate surface area is 112 Å². The van der Waals surface area contributed by atoms with Crippen molar-refractivity contribution in [1.29, 1.82) is 0 Å². The molecule has 1 heterocycles. The molecule has 0 bridgehead atoms. The normalized spacial score (nSPS) is 25.4. The van der Waals surface area contributed by atoms with E-state index in [1.807, 2.05) is 0 Å². The van der Waals surface area contributed by atoms with Crippen LogP contribution in [0.4, 0.5) is 0 Å². The van der Waals surface area contributed by atoms with Crippen LogP contribution in [-0.2, 0) is 9.78 Å². The van der Waals surface area contributed by atoms with Crippen molar-refractivity contribution in [2.75, 3.05) is 0 Å². The third-order valence-electron chi connectivity index (χ3n) is 4.61. The Morgan fingerprint density at radius 3 is 2.28 bits per heavy atom. The van der Waals surface area contributed by atoms with Gasteiger partial charge in [0.2, 0.25) is 0 Å². The lowest BCUT2D eigenvalue weighted by atomic mass is 9.62. The molecule has 0 saturated carbocycles. The Hall–Kier alpha value is -0.680. The first-order chi connectivity index (χ1) is 8.52. The highest BCUT2D eigenvalue weighted by Gasteiger charge is 2.52. The molecule has 0 saturated heterocycles. The van der Waals surface area contributed by atoms with Crippen molar-refractivity contribution in [1.82, 2.24) is 0 Å². The van der Waals surface area contributed by atoms with Crippen LogP contribution in [0, 0.1) is 23.4 Å². The van der Waals surface area contributed by atoms with Crippen molar-refractivity contribution in [3.05, 3.63) is 0 Å². The first kappa shape index (κ1) is 15.4. The Balaban J connectivity index is 2.95. The highest BCUT2D eigenvalue weighted by molar-refractivity contribution is 5.21. The predicted molar refractivity (Wildman–Crippen MR) is 74.7 cm³/mol. The number of hydrogen-bond acceptors (Lipinski definition) is 2. The van der Waals surface area contributed by atoms with Crippen LogP contribution in [0.5, 0.6) is 0 Å². The van der Waals surface area contributed by atoms with Gasteiger partial charge >= 0.3 is 0 Å². The zero-order valence-corrected chi connectivity index (χ0v) is 12.6. The largest absolute Gasteiger partial charge is 0.281 e. The van der Waals surface area contributed by atoms with E-state index < -0.39 is 5.60 Å². The minimum Gasteiger partial charge on any atom is -0.281 e. The highest BCUT2D eigenvalue weighted by atomic mass is 17.2. The Morgan fingerprint density at radius 1 is 1.17 bits per heavy atom. The van der Waals surface area contributed by atoms with Crippen molar-refractivity contribution in [3.8, 4) is 12.0 Å². The van der Waals surface area contributed by atoms with Gasteiger partial charge in [-0.1, -0.05) is 53.9 Å². The van der Waals surface area contributed by atoms with Crippen LogP contribution in [0.2, 0.25) is 0 Å². The van der Waals surface area contributed by atoms with Gasteiger partial charge in [0, 0.05) is 5.41 Å². The molecule has 1 aliphatic rings. The number of unbranched alkanes of at least 4 members (excludes halogenated alkanes) is 2. The van der Waals surface area contributed by atoms with E-state index >= 15 is 0 Å². The van der Waals surface area contributed by atoms with Gasteiger partial charge in [-0.3, -0.25) is 4.89 Å². The van der Waals surface area contributed by atoms with Gasteiger partial charge in [-0.25, -0.2) is 0 Å². The maximum Gasteiger partial charge on any atom is 0.185 e. The van der Waals surface area contributed by atoms with E-state index in [2.05, 4.69) is 46.6 Å². The molecule has 0 fully saturated rings. The van der Waals surface area contributed by atoms with E-state index in [1.54, 1.807) is 0 Å². The van der Waals surface area contributed by atoms with E-state index in [0.29, 0.717) is 5.92 Å². The molecule has 2 unspecified atom stereocenters. The second-order valence-electron chi connectivity index (χ2n) is 6.00. The second-order valence-corrected chi connectivity index (χ2v) is 6.00. The highest BCUT2D eigenvalue weighted by Crippen LogP contribution is 2.48. The quantitative estimate of drug-likeness (QED) is 0.461. The lowest BCUT2D eigenvalue weighted by molar-refractivity contribution is -0.320. The molecule has 104 valence electrons. The van der Waals surface area contributed by atoms with Crippen LogP contribution in [-0.4, -0.2) is 5.60 Å². The Morgan fingerprint density at radius 2 is 1.83 bits per heavy atom. The maximum absolute atomic E-state index is 5.64. The molecule has 0 aliphatic carbocycles. The average Bonchev–Trinajstić information content (AvgIpc) is 2.83. The molecule has 0 N–H and O–H groups in total. The molecule has 2 atom stereocenters. The van der Waals surface area contributed by atoms with Gasteiger partial charge in [-0.15, -0.1) is 0 Å². The summed E-state index contributed by atoms with van der Waals surface area (Å²) in [5.74, 6) is 3.77. The third-order valence-corrected chi connectivity index (χ3v) is 4.61.